The van der Waals surface area contributed by atoms with Crippen LogP contribution in [0.4, 0.5) is 0 Å². The summed E-state index contributed by atoms with van der Waals surface area (Å²) in [7, 11) is 0. The van der Waals surface area contributed by atoms with Crippen LogP contribution in [0, 0.1) is 11.8 Å². The fourth-order valence-corrected chi connectivity index (χ4v) is 7.40. The first-order chi connectivity index (χ1) is 13.7. The summed E-state index contributed by atoms with van der Waals surface area (Å²) in [6, 6.07) is 8.31. The fraction of sp³-hybridized carbons (Fsp3) is 0.450. The summed E-state index contributed by atoms with van der Waals surface area (Å²) in [4.78, 5) is 12.9. The number of aryl methyl sites for hydroxylation is 1. The maximum atomic E-state index is 12.9. The Morgan fingerprint density at radius 1 is 1.21 bits per heavy atom. The van der Waals surface area contributed by atoms with Crippen molar-refractivity contribution < 1.29 is 19.6 Å². The van der Waals surface area contributed by atoms with Crippen molar-refractivity contribution in [3.63, 3.8) is 0 Å². The fourth-order valence-electron chi connectivity index (χ4n) is 3.83. The molecule has 0 aliphatic heterocycles. The Hall–Kier alpha value is -0.470. The normalized spacial score (nSPS) is 25.3. The molecule has 1 aliphatic rings. The van der Waals surface area contributed by atoms with Crippen molar-refractivity contribution in [2.24, 2.45) is 11.8 Å². The summed E-state index contributed by atoms with van der Waals surface area (Å²) in [6.45, 7) is 0. The van der Waals surface area contributed by atoms with Gasteiger partial charge in [-0.1, -0.05) is 23.2 Å². The van der Waals surface area contributed by atoms with Gasteiger partial charge in [0.2, 0.25) is 0 Å². The molecule has 2 N–H and O–H groups in total. The minimum atomic E-state index is -1.34. The van der Waals surface area contributed by atoms with E-state index in [1.165, 1.54) is 11.3 Å². The molecular weight excluding hydrogens is 475 g/mol. The smallest absolute Gasteiger partial charge is 0.345 e. The molecule has 1 heterocycles. The second-order valence-electron chi connectivity index (χ2n) is 7.23. The third-order valence-electron chi connectivity index (χ3n) is 5.25. The summed E-state index contributed by atoms with van der Waals surface area (Å²) in [5.74, 6) is -0.740. The van der Waals surface area contributed by atoms with Crippen LogP contribution >= 0.6 is 46.1 Å². The molecular formula is C20H21Cl3O4S2. The molecule has 0 bridgehead atoms. The van der Waals surface area contributed by atoms with Crippen LogP contribution in [0.25, 0.3) is 0 Å². The largest absolute Gasteiger partial charge is 0.611 e. The van der Waals surface area contributed by atoms with Crippen molar-refractivity contribution >= 4 is 63.3 Å². The molecule has 0 amide bonds. The van der Waals surface area contributed by atoms with E-state index in [1.54, 1.807) is 24.3 Å². The molecule has 0 radical (unpaired) electrons. The maximum Gasteiger partial charge on any atom is 0.345 e. The molecule has 5 atom stereocenters. The van der Waals surface area contributed by atoms with Gasteiger partial charge < -0.3 is 14.8 Å². The summed E-state index contributed by atoms with van der Waals surface area (Å²) in [5.41, 5.74) is 0. The van der Waals surface area contributed by atoms with Crippen LogP contribution in [-0.4, -0.2) is 38.0 Å². The van der Waals surface area contributed by atoms with Gasteiger partial charge in [-0.2, -0.15) is 0 Å². The van der Waals surface area contributed by atoms with Gasteiger partial charge >= 0.3 is 5.97 Å². The molecule has 9 heteroatoms. The Morgan fingerprint density at radius 2 is 1.90 bits per heavy atom. The molecule has 1 fully saturated rings. The highest BCUT2D eigenvalue weighted by molar-refractivity contribution is 7.91. The molecule has 158 valence electrons. The molecule has 4 nitrogen and oxygen atoms in total. The summed E-state index contributed by atoms with van der Waals surface area (Å²) in [5, 5.41) is 20.2. The van der Waals surface area contributed by atoms with Crippen molar-refractivity contribution in [3.05, 3.63) is 50.1 Å². The van der Waals surface area contributed by atoms with Crippen LogP contribution < -0.4 is 0 Å². The quantitative estimate of drug-likeness (QED) is 0.375. The van der Waals surface area contributed by atoms with Gasteiger partial charge in [-0.3, -0.25) is 0 Å². The predicted octanol–water partition coefficient (Wildman–Crippen LogP) is 5.49. The van der Waals surface area contributed by atoms with E-state index >= 15 is 0 Å². The molecule has 3 rings (SSSR count). The zero-order chi connectivity index (χ0) is 21.1. The summed E-state index contributed by atoms with van der Waals surface area (Å²) in [6.07, 6.45) is 2.25. The zero-order valence-electron chi connectivity index (χ0n) is 15.4. The Bertz CT molecular complexity index is 840. The van der Waals surface area contributed by atoms with E-state index in [2.05, 4.69) is 0 Å². The molecule has 0 saturated heterocycles. The van der Waals surface area contributed by atoms with Gasteiger partial charge in [0.15, 0.2) is 4.90 Å². The lowest BCUT2D eigenvalue weighted by molar-refractivity contribution is 0.0702. The molecule has 29 heavy (non-hydrogen) atoms. The van der Waals surface area contributed by atoms with Gasteiger partial charge in [-0.05, 0) is 61.0 Å². The Kier molecular flexibility index (Phi) is 8.18. The highest BCUT2D eigenvalue weighted by Gasteiger charge is 2.43. The predicted molar refractivity (Wildman–Crippen MR) is 119 cm³/mol. The average Bonchev–Trinajstić information content (AvgIpc) is 3.21. The maximum absolute atomic E-state index is 12.9. The second-order valence-corrected chi connectivity index (χ2v) is 11.3. The number of hydrogen-bond donors (Lipinski definition) is 2. The first-order valence-electron chi connectivity index (χ1n) is 9.23. The van der Waals surface area contributed by atoms with Crippen LogP contribution in [0.15, 0.2) is 35.2 Å². The number of thiophene rings is 1. The Balaban J connectivity index is 1.61. The molecule has 1 aliphatic carbocycles. The SMILES string of the molecule is O=C(O)c1ccc(CCC[C@@H]2[C@@H](C[S+]([O-])c3cc(Cl)cc(Cl)c3)[C@H](O)C[C@@H]2Cl)s1. The van der Waals surface area contributed by atoms with Crippen LogP contribution in [0.1, 0.15) is 33.8 Å². The number of hydrogen-bond acceptors (Lipinski definition) is 4. The van der Waals surface area contributed by atoms with Crippen molar-refractivity contribution in [2.75, 3.05) is 5.75 Å². The van der Waals surface area contributed by atoms with Gasteiger partial charge in [0.25, 0.3) is 0 Å². The van der Waals surface area contributed by atoms with Crippen LogP contribution in [-0.2, 0) is 17.6 Å². The van der Waals surface area contributed by atoms with E-state index in [0.717, 1.165) is 24.1 Å². The standard InChI is InChI=1S/C20H21Cl3O4S2/c21-11-6-12(22)8-14(7-11)29(27)10-16-15(17(23)9-18(16)24)3-1-2-13-4-5-19(28-13)20(25)26/h4-8,15-18,24H,1-3,9-10H2,(H,25,26)/t15-,16-,17+,18-,29?/m1/s1. The molecule has 0 spiro atoms. The molecule has 1 saturated carbocycles. The van der Waals surface area contributed by atoms with Crippen LogP contribution in [0.3, 0.4) is 0 Å². The summed E-state index contributed by atoms with van der Waals surface area (Å²) >= 11 is 18.5. The molecule has 1 aromatic carbocycles. The molecule has 1 aromatic heterocycles. The minimum absolute atomic E-state index is 0.0455. The van der Waals surface area contributed by atoms with Crippen molar-refractivity contribution in [3.8, 4) is 0 Å². The molecule has 2 aromatic rings. The number of alkyl halides is 1. The van der Waals surface area contributed by atoms with Crippen molar-refractivity contribution in [2.45, 2.75) is 42.1 Å². The highest BCUT2D eigenvalue weighted by atomic mass is 35.5. The highest BCUT2D eigenvalue weighted by Crippen LogP contribution is 2.41. The lowest BCUT2D eigenvalue weighted by atomic mass is 9.91. The van der Waals surface area contributed by atoms with E-state index in [0.29, 0.717) is 32.0 Å². The van der Waals surface area contributed by atoms with Crippen molar-refractivity contribution in [1.82, 2.24) is 0 Å². The first-order valence-corrected chi connectivity index (χ1v) is 12.6. The van der Waals surface area contributed by atoms with Crippen LogP contribution in [0.5, 0.6) is 0 Å². The van der Waals surface area contributed by atoms with Gasteiger partial charge in [0.1, 0.15) is 10.6 Å². The van der Waals surface area contributed by atoms with E-state index in [4.69, 9.17) is 39.9 Å². The summed E-state index contributed by atoms with van der Waals surface area (Å²) < 4.78 is 12.9. The minimum Gasteiger partial charge on any atom is -0.611 e. The number of halogens is 3. The lowest BCUT2D eigenvalue weighted by Gasteiger charge is -2.24. The number of aliphatic hydroxyl groups excluding tert-OH is 1. The van der Waals surface area contributed by atoms with Gasteiger partial charge in [-0.25, -0.2) is 4.79 Å². The topological polar surface area (TPSA) is 80.6 Å². The number of carbonyl (C=O) groups is 1. The third-order valence-corrected chi connectivity index (χ3v) is 8.77. The van der Waals surface area contributed by atoms with Gasteiger partial charge in [0, 0.05) is 38.4 Å². The van der Waals surface area contributed by atoms with E-state index < -0.39 is 23.2 Å². The van der Waals surface area contributed by atoms with Crippen LogP contribution in [0.2, 0.25) is 10.0 Å². The van der Waals surface area contributed by atoms with E-state index in [-0.39, 0.29) is 17.2 Å². The average molecular weight is 496 g/mol. The monoisotopic (exact) mass is 494 g/mol. The van der Waals surface area contributed by atoms with Crippen molar-refractivity contribution in [1.29, 1.82) is 0 Å². The third kappa shape index (κ3) is 6.03. The number of aromatic carboxylic acids is 1. The number of carboxylic acid groups (broad SMARTS) is 1. The number of carboxylic acids is 1. The second kappa shape index (κ2) is 10.2. The zero-order valence-corrected chi connectivity index (χ0v) is 19.3. The molecule has 1 unspecified atom stereocenters. The number of benzene rings is 1. The first kappa shape index (κ1) is 23.2. The van der Waals surface area contributed by atoms with Gasteiger partial charge in [0.05, 0.1) is 6.10 Å². The Labute approximate surface area is 192 Å². The lowest BCUT2D eigenvalue weighted by Crippen LogP contribution is -2.29. The van der Waals surface area contributed by atoms with E-state index in [1.807, 2.05) is 6.07 Å². The number of aliphatic hydroxyl groups is 1. The van der Waals surface area contributed by atoms with Gasteiger partial charge in [-0.15, -0.1) is 22.9 Å². The van der Waals surface area contributed by atoms with E-state index in [9.17, 15) is 14.5 Å². The number of rotatable bonds is 8. The Morgan fingerprint density at radius 3 is 2.52 bits per heavy atom.